The number of halogens is 1. The lowest BCUT2D eigenvalue weighted by molar-refractivity contribution is 0.182. The van der Waals surface area contributed by atoms with Crippen LogP contribution in [0.15, 0.2) is 18.6 Å². The van der Waals surface area contributed by atoms with Crippen LogP contribution in [0.2, 0.25) is 5.02 Å². The van der Waals surface area contributed by atoms with Crippen molar-refractivity contribution in [2.45, 2.75) is 26.4 Å². The first kappa shape index (κ1) is 15.9. The molecular formula is C14H20ClN5O. The number of hydrogen-bond donors (Lipinski definition) is 1. The molecule has 0 radical (unpaired) electrons. The van der Waals surface area contributed by atoms with Gasteiger partial charge in [0.05, 0.1) is 53.7 Å². The molecule has 7 heteroatoms. The van der Waals surface area contributed by atoms with Crippen molar-refractivity contribution in [2.75, 3.05) is 20.3 Å². The summed E-state index contributed by atoms with van der Waals surface area (Å²) in [6, 6.07) is -0.144. The fourth-order valence-electron chi connectivity index (χ4n) is 2.11. The van der Waals surface area contributed by atoms with Crippen molar-refractivity contribution in [2.24, 2.45) is 0 Å². The summed E-state index contributed by atoms with van der Waals surface area (Å²) in [6.45, 7) is 5.95. The lowest BCUT2D eigenvalue weighted by atomic mass is 10.1. The number of aromatic nitrogens is 4. The van der Waals surface area contributed by atoms with Gasteiger partial charge in [-0.15, -0.1) is 0 Å². The van der Waals surface area contributed by atoms with Crippen molar-refractivity contribution < 1.29 is 4.74 Å². The Morgan fingerprint density at radius 2 is 2.14 bits per heavy atom. The summed E-state index contributed by atoms with van der Waals surface area (Å²) in [5, 5.41) is 8.32. The largest absolute Gasteiger partial charge is 0.383 e. The van der Waals surface area contributed by atoms with Crippen molar-refractivity contribution >= 4 is 11.6 Å². The number of ether oxygens (including phenoxy) is 1. The average Bonchev–Trinajstić information content (AvgIpc) is 2.84. The predicted octanol–water partition coefficient (Wildman–Crippen LogP) is 1.98. The first-order chi connectivity index (χ1) is 10.2. The number of methoxy groups -OCH3 is 1. The summed E-state index contributed by atoms with van der Waals surface area (Å²) in [7, 11) is 1.66. The molecule has 1 N–H and O–H groups in total. The molecule has 0 bridgehead atoms. The standard InChI is InChI=1S/C14H20ClN5O/c1-4-16-13(12-9-17-10(2)7-18-12)14-11(15)8-19-20(14)5-6-21-3/h7-9,13,16H,4-6H2,1-3H3. The van der Waals surface area contributed by atoms with E-state index in [4.69, 9.17) is 16.3 Å². The minimum Gasteiger partial charge on any atom is -0.383 e. The molecule has 0 aromatic carbocycles. The third-order valence-electron chi connectivity index (χ3n) is 3.12. The van der Waals surface area contributed by atoms with Gasteiger partial charge in [0.15, 0.2) is 0 Å². The molecule has 0 spiro atoms. The monoisotopic (exact) mass is 309 g/mol. The van der Waals surface area contributed by atoms with Gasteiger partial charge in [-0.05, 0) is 13.5 Å². The van der Waals surface area contributed by atoms with E-state index in [0.29, 0.717) is 18.2 Å². The Morgan fingerprint density at radius 3 is 2.76 bits per heavy atom. The van der Waals surface area contributed by atoms with Gasteiger partial charge < -0.3 is 10.1 Å². The molecule has 114 valence electrons. The zero-order valence-electron chi connectivity index (χ0n) is 12.5. The van der Waals surface area contributed by atoms with Crippen LogP contribution in [-0.2, 0) is 11.3 Å². The summed E-state index contributed by atoms with van der Waals surface area (Å²) in [6.07, 6.45) is 5.18. The highest BCUT2D eigenvalue weighted by Crippen LogP contribution is 2.27. The van der Waals surface area contributed by atoms with Crippen LogP contribution in [0.4, 0.5) is 0 Å². The second kappa shape index (κ2) is 7.49. The third-order valence-corrected chi connectivity index (χ3v) is 3.41. The summed E-state index contributed by atoms with van der Waals surface area (Å²) in [5.74, 6) is 0. The van der Waals surface area contributed by atoms with Crippen molar-refractivity contribution in [1.82, 2.24) is 25.1 Å². The lowest BCUT2D eigenvalue weighted by Gasteiger charge is -2.19. The SMILES string of the molecule is CCNC(c1cnc(C)cn1)c1c(Cl)cnn1CCOC. The topological polar surface area (TPSA) is 64.9 Å². The van der Waals surface area contributed by atoms with Crippen LogP contribution in [0.25, 0.3) is 0 Å². The highest BCUT2D eigenvalue weighted by atomic mass is 35.5. The molecule has 1 unspecified atom stereocenters. The van der Waals surface area contributed by atoms with Crippen molar-refractivity contribution in [1.29, 1.82) is 0 Å². The smallest absolute Gasteiger partial charge is 0.0952 e. The van der Waals surface area contributed by atoms with Crippen LogP contribution in [0.5, 0.6) is 0 Å². The quantitative estimate of drug-likeness (QED) is 0.847. The Morgan fingerprint density at radius 1 is 1.33 bits per heavy atom. The van der Waals surface area contributed by atoms with E-state index in [9.17, 15) is 0 Å². The van der Waals surface area contributed by atoms with Crippen molar-refractivity contribution in [3.8, 4) is 0 Å². The molecule has 0 fully saturated rings. The van der Waals surface area contributed by atoms with Gasteiger partial charge in [0.25, 0.3) is 0 Å². The van der Waals surface area contributed by atoms with Crippen molar-refractivity contribution in [3.05, 3.63) is 40.7 Å². The molecule has 2 aromatic heterocycles. The fourth-order valence-corrected chi connectivity index (χ4v) is 2.36. The van der Waals surface area contributed by atoms with Gasteiger partial charge in [-0.25, -0.2) is 0 Å². The average molecular weight is 310 g/mol. The molecule has 21 heavy (non-hydrogen) atoms. The van der Waals surface area contributed by atoms with Gasteiger partial charge in [0, 0.05) is 13.3 Å². The molecular weight excluding hydrogens is 290 g/mol. The summed E-state index contributed by atoms with van der Waals surface area (Å²) in [5.41, 5.74) is 2.59. The first-order valence-electron chi connectivity index (χ1n) is 6.89. The normalized spacial score (nSPS) is 12.6. The van der Waals surface area contributed by atoms with Gasteiger partial charge in [-0.1, -0.05) is 18.5 Å². The van der Waals surface area contributed by atoms with E-state index in [1.165, 1.54) is 0 Å². The Labute approximate surface area is 129 Å². The Kier molecular flexibility index (Phi) is 5.67. The van der Waals surface area contributed by atoms with E-state index in [1.807, 2.05) is 18.5 Å². The van der Waals surface area contributed by atoms with Crippen LogP contribution in [0.3, 0.4) is 0 Å². The number of aryl methyl sites for hydroxylation is 1. The molecule has 2 aromatic rings. The van der Waals surface area contributed by atoms with Crippen LogP contribution >= 0.6 is 11.6 Å². The van der Waals surface area contributed by atoms with E-state index in [1.54, 1.807) is 25.7 Å². The molecule has 0 saturated carbocycles. The van der Waals surface area contributed by atoms with E-state index >= 15 is 0 Å². The molecule has 0 aliphatic rings. The molecule has 0 aliphatic carbocycles. The Hall–Kier alpha value is -1.50. The minimum atomic E-state index is -0.144. The van der Waals surface area contributed by atoms with Gasteiger partial charge in [-0.3, -0.25) is 14.6 Å². The summed E-state index contributed by atoms with van der Waals surface area (Å²) in [4.78, 5) is 8.77. The maximum Gasteiger partial charge on any atom is 0.0952 e. The van der Waals surface area contributed by atoms with E-state index in [0.717, 1.165) is 23.6 Å². The maximum absolute atomic E-state index is 6.32. The number of nitrogens with one attached hydrogen (secondary N) is 1. The maximum atomic E-state index is 6.32. The minimum absolute atomic E-state index is 0.144. The zero-order valence-corrected chi connectivity index (χ0v) is 13.3. The van der Waals surface area contributed by atoms with E-state index < -0.39 is 0 Å². The summed E-state index contributed by atoms with van der Waals surface area (Å²) >= 11 is 6.32. The second-order valence-corrected chi connectivity index (χ2v) is 5.07. The Bertz CT molecular complexity index is 569. The van der Waals surface area contributed by atoms with Crippen LogP contribution in [0.1, 0.15) is 30.0 Å². The van der Waals surface area contributed by atoms with Crippen molar-refractivity contribution in [3.63, 3.8) is 0 Å². The number of hydrogen-bond acceptors (Lipinski definition) is 5. The number of nitrogens with zero attached hydrogens (tertiary/aromatic N) is 4. The summed E-state index contributed by atoms with van der Waals surface area (Å²) < 4.78 is 6.97. The molecule has 2 heterocycles. The van der Waals surface area contributed by atoms with E-state index in [2.05, 4.69) is 20.4 Å². The van der Waals surface area contributed by atoms with E-state index in [-0.39, 0.29) is 6.04 Å². The fraction of sp³-hybridized carbons (Fsp3) is 0.500. The third kappa shape index (κ3) is 3.78. The zero-order chi connectivity index (χ0) is 15.2. The molecule has 0 saturated heterocycles. The van der Waals surface area contributed by atoms with Crippen LogP contribution < -0.4 is 5.32 Å². The molecule has 2 rings (SSSR count). The first-order valence-corrected chi connectivity index (χ1v) is 7.27. The lowest BCUT2D eigenvalue weighted by Crippen LogP contribution is -2.27. The number of rotatable bonds is 7. The van der Waals surface area contributed by atoms with Gasteiger partial charge in [0.1, 0.15) is 0 Å². The van der Waals surface area contributed by atoms with Gasteiger partial charge >= 0.3 is 0 Å². The van der Waals surface area contributed by atoms with Gasteiger partial charge in [-0.2, -0.15) is 5.10 Å². The molecule has 1 atom stereocenters. The highest BCUT2D eigenvalue weighted by molar-refractivity contribution is 6.31. The second-order valence-electron chi connectivity index (χ2n) is 4.67. The molecule has 0 aliphatic heterocycles. The molecule has 6 nitrogen and oxygen atoms in total. The Balaban J connectivity index is 2.37. The molecule has 0 amide bonds. The van der Waals surface area contributed by atoms with Gasteiger partial charge in [0.2, 0.25) is 0 Å². The van der Waals surface area contributed by atoms with Crippen LogP contribution in [-0.4, -0.2) is 40.0 Å². The van der Waals surface area contributed by atoms with Crippen LogP contribution in [0, 0.1) is 6.92 Å². The predicted molar refractivity (Wildman–Crippen MR) is 81.4 cm³/mol. The highest BCUT2D eigenvalue weighted by Gasteiger charge is 2.22.